The van der Waals surface area contributed by atoms with Gasteiger partial charge in [0.05, 0.1) is 22.7 Å². The lowest BCUT2D eigenvalue weighted by molar-refractivity contribution is 0.866. The second-order valence-corrected chi connectivity index (χ2v) is 23.0. The Labute approximate surface area is 505 Å². The molecule has 86 heavy (non-hydrogen) atoms. The third-order valence-corrected chi connectivity index (χ3v) is 17.0. The quantitative estimate of drug-likeness (QED) is 0.101. The van der Waals surface area contributed by atoms with E-state index in [1.807, 2.05) is 0 Å². The third-order valence-electron chi connectivity index (χ3n) is 17.0. The van der Waals surface area contributed by atoms with Gasteiger partial charge in [-0.2, -0.15) is 0 Å². The third kappa shape index (κ3) is 10.3. The van der Waals surface area contributed by atoms with Crippen LogP contribution in [0, 0.1) is 0 Å². The van der Waals surface area contributed by atoms with Crippen LogP contribution in [0.1, 0.15) is 50.7 Å². The van der Waals surface area contributed by atoms with Gasteiger partial charge in [0, 0.05) is 67.0 Å². The molecule has 0 spiro atoms. The van der Waals surface area contributed by atoms with Crippen LogP contribution in [0.5, 0.6) is 0 Å². The first-order chi connectivity index (χ1) is 42.3. The zero-order chi connectivity index (χ0) is 58.1. The standard InChI is InChI=1S/C82H66N4/c1-57(2)59-33-41-67(42-34-59)83(79-29-13-21-63-17-5-9-25-75(63)79)71-49-53-73(54-50-71)85(81-31-15-23-65-19-7-11-27-77(65)81)69-45-37-61(38-46-69)62-39-47-70(48-40-62)86(82-32-16-24-66-20-8-12-28-78(66)82)74-55-51-72(52-56-74)84(68-43-35-60(36-44-68)58(3)4)80-30-14-22-64-18-6-10-26-76(64)80/h5-58H,1-4H3. The molecule has 14 rings (SSSR count). The van der Waals surface area contributed by atoms with E-state index in [2.05, 4.69) is 363 Å². The molecule has 0 aromatic heterocycles. The number of benzene rings is 14. The normalized spacial score (nSPS) is 11.5. The highest BCUT2D eigenvalue weighted by Crippen LogP contribution is 2.46. The Balaban J connectivity index is 0.816. The molecule has 14 aromatic carbocycles. The summed E-state index contributed by atoms with van der Waals surface area (Å²) in [5.41, 5.74) is 18.1. The number of anilines is 12. The van der Waals surface area contributed by atoms with Crippen molar-refractivity contribution in [3.8, 4) is 11.1 Å². The maximum Gasteiger partial charge on any atom is 0.0540 e. The molecule has 0 saturated carbocycles. The summed E-state index contributed by atoms with van der Waals surface area (Å²) in [4.78, 5) is 9.59. The fourth-order valence-corrected chi connectivity index (χ4v) is 12.4. The van der Waals surface area contributed by atoms with Crippen molar-refractivity contribution in [1.29, 1.82) is 0 Å². The van der Waals surface area contributed by atoms with Gasteiger partial charge in [0.1, 0.15) is 0 Å². The van der Waals surface area contributed by atoms with Crippen LogP contribution in [0.25, 0.3) is 54.2 Å². The van der Waals surface area contributed by atoms with Crippen molar-refractivity contribution in [3.63, 3.8) is 0 Å². The molecule has 4 nitrogen and oxygen atoms in total. The van der Waals surface area contributed by atoms with Crippen LogP contribution in [-0.2, 0) is 0 Å². The molecule has 0 aliphatic carbocycles. The first-order valence-electron chi connectivity index (χ1n) is 30.0. The highest BCUT2D eigenvalue weighted by atomic mass is 15.2. The number of hydrogen-bond donors (Lipinski definition) is 0. The predicted molar refractivity (Wildman–Crippen MR) is 369 cm³/mol. The zero-order valence-electron chi connectivity index (χ0n) is 49.0. The van der Waals surface area contributed by atoms with Crippen molar-refractivity contribution in [1.82, 2.24) is 0 Å². The summed E-state index contributed by atoms with van der Waals surface area (Å²) < 4.78 is 0. The van der Waals surface area contributed by atoms with Gasteiger partial charge in [-0.1, -0.05) is 222 Å². The molecular formula is C82H66N4. The molecule has 0 amide bonds. The molecule has 0 radical (unpaired) electrons. The maximum absolute atomic E-state index is 2.40. The molecule has 0 saturated heterocycles. The SMILES string of the molecule is CC(C)c1ccc(N(c2ccc(N(c3ccc(-c4ccc(N(c5ccc(N(c6ccc(C(C)C)cc6)c6cccc7ccccc67)cc5)c5cccc6ccccc56)cc4)cc3)c3cccc4ccccc34)cc2)c2cccc3ccccc23)cc1. The highest BCUT2D eigenvalue weighted by Gasteiger charge is 2.22. The predicted octanol–water partition coefficient (Wildman–Crippen LogP) is 24.1. The largest absolute Gasteiger partial charge is 0.310 e. The Morgan fingerprint density at radius 2 is 0.372 bits per heavy atom. The van der Waals surface area contributed by atoms with E-state index in [1.165, 1.54) is 54.2 Å². The fraction of sp³-hybridized carbons (Fsp3) is 0.0732. The summed E-state index contributed by atoms with van der Waals surface area (Å²) in [5.74, 6) is 0.883. The maximum atomic E-state index is 2.40. The molecule has 0 heterocycles. The summed E-state index contributed by atoms with van der Waals surface area (Å²) in [6.45, 7) is 9.00. The lowest BCUT2D eigenvalue weighted by Crippen LogP contribution is -2.13. The second-order valence-electron chi connectivity index (χ2n) is 23.0. The van der Waals surface area contributed by atoms with Gasteiger partial charge in [0.2, 0.25) is 0 Å². The fourth-order valence-electron chi connectivity index (χ4n) is 12.4. The van der Waals surface area contributed by atoms with Crippen LogP contribution in [0.15, 0.2) is 315 Å². The minimum absolute atomic E-state index is 0.441. The monoisotopic (exact) mass is 1110 g/mol. The van der Waals surface area contributed by atoms with Crippen molar-refractivity contribution in [2.45, 2.75) is 39.5 Å². The first kappa shape index (κ1) is 53.3. The Morgan fingerprint density at radius 3 is 0.593 bits per heavy atom. The van der Waals surface area contributed by atoms with Crippen molar-refractivity contribution >= 4 is 111 Å². The molecule has 14 aromatic rings. The lowest BCUT2D eigenvalue weighted by atomic mass is 10.0. The summed E-state index contributed by atoms with van der Waals surface area (Å²) >= 11 is 0. The molecule has 0 N–H and O–H groups in total. The van der Waals surface area contributed by atoms with Gasteiger partial charge in [-0.05, 0) is 177 Å². The Kier molecular flexibility index (Phi) is 14.4. The summed E-state index contributed by atoms with van der Waals surface area (Å²) in [5, 5.41) is 9.59. The molecule has 0 unspecified atom stereocenters. The van der Waals surface area contributed by atoms with E-state index in [0.717, 1.165) is 79.4 Å². The van der Waals surface area contributed by atoms with Crippen molar-refractivity contribution in [2.24, 2.45) is 0 Å². The van der Waals surface area contributed by atoms with Crippen LogP contribution >= 0.6 is 0 Å². The lowest BCUT2D eigenvalue weighted by Gasteiger charge is -2.30. The van der Waals surface area contributed by atoms with Crippen LogP contribution in [0.2, 0.25) is 0 Å². The smallest absolute Gasteiger partial charge is 0.0540 e. The number of rotatable bonds is 15. The van der Waals surface area contributed by atoms with Crippen LogP contribution < -0.4 is 19.6 Å². The van der Waals surface area contributed by atoms with E-state index in [9.17, 15) is 0 Å². The summed E-state index contributed by atoms with van der Waals surface area (Å²) in [6, 6.07) is 115. The number of hydrogen-bond acceptors (Lipinski definition) is 4. The van der Waals surface area contributed by atoms with Gasteiger partial charge in [0.25, 0.3) is 0 Å². The summed E-state index contributed by atoms with van der Waals surface area (Å²) in [6.07, 6.45) is 0. The molecular weight excluding hydrogens is 1040 g/mol. The number of nitrogens with zero attached hydrogens (tertiary/aromatic N) is 4. The average Bonchev–Trinajstić information content (AvgIpc) is 2.98. The van der Waals surface area contributed by atoms with Gasteiger partial charge in [-0.15, -0.1) is 0 Å². The van der Waals surface area contributed by atoms with Gasteiger partial charge in [-0.3, -0.25) is 0 Å². The van der Waals surface area contributed by atoms with E-state index in [0.29, 0.717) is 11.8 Å². The van der Waals surface area contributed by atoms with E-state index in [-0.39, 0.29) is 0 Å². The molecule has 0 aliphatic heterocycles. The van der Waals surface area contributed by atoms with E-state index >= 15 is 0 Å². The second kappa shape index (κ2) is 23.2. The van der Waals surface area contributed by atoms with Crippen molar-refractivity contribution < 1.29 is 0 Å². The van der Waals surface area contributed by atoms with Crippen LogP contribution in [0.3, 0.4) is 0 Å². The van der Waals surface area contributed by atoms with Gasteiger partial charge in [-0.25, -0.2) is 0 Å². The average molecular weight is 1110 g/mol. The Morgan fingerprint density at radius 1 is 0.186 bits per heavy atom. The number of fused-ring (bicyclic) bond motifs is 4. The minimum atomic E-state index is 0.441. The Hall–Kier alpha value is -10.7. The molecule has 0 aliphatic rings. The minimum Gasteiger partial charge on any atom is -0.310 e. The highest BCUT2D eigenvalue weighted by molar-refractivity contribution is 6.03. The Bertz CT molecular complexity index is 4360. The van der Waals surface area contributed by atoms with Gasteiger partial charge < -0.3 is 19.6 Å². The van der Waals surface area contributed by atoms with E-state index in [1.54, 1.807) is 0 Å². The molecule has 4 heteroatoms. The first-order valence-corrected chi connectivity index (χ1v) is 30.0. The molecule has 414 valence electrons. The van der Waals surface area contributed by atoms with E-state index < -0.39 is 0 Å². The molecule has 0 bridgehead atoms. The molecule has 0 fully saturated rings. The molecule has 0 atom stereocenters. The summed E-state index contributed by atoms with van der Waals surface area (Å²) in [7, 11) is 0. The van der Waals surface area contributed by atoms with Crippen molar-refractivity contribution in [2.75, 3.05) is 19.6 Å². The van der Waals surface area contributed by atoms with Crippen LogP contribution in [0.4, 0.5) is 68.2 Å². The zero-order valence-corrected chi connectivity index (χ0v) is 49.0. The van der Waals surface area contributed by atoms with Gasteiger partial charge >= 0.3 is 0 Å². The van der Waals surface area contributed by atoms with Gasteiger partial charge in [0.15, 0.2) is 0 Å². The topological polar surface area (TPSA) is 13.0 Å². The van der Waals surface area contributed by atoms with E-state index in [4.69, 9.17) is 0 Å². The van der Waals surface area contributed by atoms with Crippen molar-refractivity contribution in [3.05, 3.63) is 327 Å². The van der Waals surface area contributed by atoms with Crippen LogP contribution in [-0.4, -0.2) is 0 Å².